The van der Waals surface area contributed by atoms with E-state index in [0.717, 1.165) is 40.6 Å². The minimum Gasteiger partial charge on any atom is -0.493 e. The van der Waals surface area contributed by atoms with E-state index in [9.17, 15) is 0 Å². The lowest BCUT2D eigenvalue weighted by Gasteiger charge is -2.15. The van der Waals surface area contributed by atoms with Crippen molar-refractivity contribution in [2.24, 2.45) is 0 Å². The Morgan fingerprint density at radius 3 is 2.62 bits per heavy atom. The molecular formula is C28H26N2OS. The van der Waals surface area contributed by atoms with E-state index in [1.807, 2.05) is 0 Å². The van der Waals surface area contributed by atoms with Gasteiger partial charge in [0.25, 0.3) is 0 Å². The Kier molecular flexibility index (Phi) is 5.78. The van der Waals surface area contributed by atoms with E-state index in [2.05, 4.69) is 98.0 Å². The number of thiazole rings is 1. The van der Waals surface area contributed by atoms with Crippen LogP contribution in [0.1, 0.15) is 24.5 Å². The Hall–Kier alpha value is -3.37. The maximum Gasteiger partial charge on any atom is 0.124 e. The fourth-order valence-corrected chi connectivity index (χ4v) is 4.99. The Balaban J connectivity index is 1.37. The van der Waals surface area contributed by atoms with Crippen LogP contribution in [0.15, 0.2) is 78.9 Å². The van der Waals surface area contributed by atoms with Gasteiger partial charge in [-0.15, -0.1) is 11.3 Å². The van der Waals surface area contributed by atoms with Crippen molar-refractivity contribution in [3.05, 3.63) is 90.0 Å². The predicted octanol–water partition coefficient (Wildman–Crippen LogP) is 7.83. The van der Waals surface area contributed by atoms with Gasteiger partial charge >= 0.3 is 0 Å². The SMILES string of the molecule is CCCOc1ccc2ccccc2c1CNc1ccc(-c2nc3ccc(C)cc3s2)cc1. The largest absolute Gasteiger partial charge is 0.493 e. The van der Waals surface area contributed by atoms with Crippen LogP contribution in [0.2, 0.25) is 0 Å². The van der Waals surface area contributed by atoms with Gasteiger partial charge in [-0.05, 0) is 72.1 Å². The van der Waals surface area contributed by atoms with Crippen LogP contribution in [0.25, 0.3) is 31.6 Å². The molecular weight excluding hydrogens is 412 g/mol. The van der Waals surface area contributed by atoms with Crippen LogP contribution in [0.3, 0.4) is 0 Å². The number of nitrogens with zero attached hydrogens (tertiary/aromatic N) is 1. The van der Waals surface area contributed by atoms with Crippen LogP contribution < -0.4 is 10.1 Å². The standard InChI is InChI=1S/C28H26N2OS/c1-3-16-31-26-15-11-20-6-4-5-7-23(20)24(26)18-29-22-12-9-21(10-13-22)28-30-25-14-8-19(2)17-27(25)32-28/h4-15,17,29H,3,16,18H2,1-2H3. The van der Waals surface area contributed by atoms with Crippen LogP contribution in [0.5, 0.6) is 5.75 Å². The van der Waals surface area contributed by atoms with E-state index in [1.165, 1.54) is 26.6 Å². The fourth-order valence-electron chi connectivity index (χ4n) is 3.92. The van der Waals surface area contributed by atoms with E-state index in [-0.39, 0.29) is 0 Å². The lowest BCUT2D eigenvalue weighted by molar-refractivity contribution is 0.315. The molecule has 5 aromatic rings. The van der Waals surface area contributed by atoms with Gasteiger partial charge in [0.2, 0.25) is 0 Å². The zero-order chi connectivity index (χ0) is 21.9. The maximum atomic E-state index is 6.05. The topological polar surface area (TPSA) is 34.1 Å². The zero-order valence-electron chi connectivity index (χ0n) is 18.4. The quantitative estimate of drug-likeness (QED) is 0.281. The number of aryl methyl sites for hydroxylation is 1. The lowest BCUT2D eigenvalue weighted by atomic mass is 10.0. The molecule has 0 aliphatic carbocycles. The molecule has 4 aromatic carbocycles. The zero-order valence-corrected chi connectivity index (χ0v) is 19.2. The highest BCUT2D eigenvalue weighted by molar-refractivity contribution is 7.21. The Morgan fingerprint density at radius 2 is 1.78 bits per heavy atom. The van der Waals surface area contributed by atoms with Gasteiger partial charge in [0.15, 0.2) is 0 Å². The maximum absolute atomic E-state index is 6.05. The fraction of sp³-hybridized carbons (Fsp3) is 0.179. The smallest absolute Gasteiger partial charge is 0.124 e. The number of ether oxygens (including phenoxy) is 1. The summed E-state index contributed by atoms with van der Waals surface area (Å²) in [5.74, 6) is 0.958. The number of aromatic nitrogens is 1. The van der Waals surface area contributed by atoms with Crippen molar-refractivity contribution in [3.8, 4) is 16.3 Å². The first-order valence-corrected chi connectivity index (χ1v) is 11.9. The molecule has 0 aliphatic rings. The molecule has 0 bridgehead atoms. The summed E-state index contributed by atoms with van der Waals surface area (Å²) in [7, 11) is 0. The van der Waals surface area contributed by atoms with Gasteiger partial charge < -0.3 is 10.1 Å². The summed E-state index contributed by atoms with van der Waals surface area (Å²) in [6.45, 7) is 5.68. The van der Waals surface area contributed by atoms with E-state index >= 15 is 0 Å². The number of nitrogens with one attached hydrogen (secondary N) is 1. The molecule has 0 aliphatic heterocycles. The van der Waals surface area contributed by atoms with Crippen LogP contribution in [0.4, 0.5) is 5.69 Å². The minimum absolute atomic E-state index is 0.708. The Bertz CT molecular complexity index is 1370. The first-order chi connectivity index (χ1) is 15.7. The van der Waals surface area contributed by atoms with Crippen molar-refractivity contribution in [1.82, 2.24) is 4.98 Å². The van der Waals surface area contributed by atoms with Crippen LogP contribution in [-0.2, 0) is 6.54 Å². The minimum atomic E-state index is 0.708. The van der Waals surface area contributed by atoms with Gasteiger partial charge in [0, 0.05) is 23.4 Å². The van der Waals surface area contributed by atoms with Gasteiger partial charge in [0.1, 0.15) is 10.8 Å². The molecule has 0 saturated heterocycles. The molecule has 1 aromatic heterocycles. The number of fused-ring (bicyclic) bond motifs is 2. The molecule has 5 rings (SSSR count). The molecule has 0 unspecified atom stereocenters. The average molecular weight is 439 g/mol. The predicted molar refractivity (Wildman–Crippen MR) is 137 cm³/mol. The molecule has 160 valence electrons. The summed E-state index contributed by atoms with van der Waals surface area (Å²) in [6.07, 6.45) is 0.993. The molecule has 3 nitrogen and oxygen atoms in total. The van der Waals surface area contributed by atoms with Crippen LogP contribution in [0, 0.1) is 6.92 Å². The number of rotatable bonds is 7. The number of hydrogen-bond donors (Lipinski definition) is 1. The monoisotopic (exact) mass is 438 g/mol. The van der Waals surface area contributed by atoms with Gasteiger partial charge in [-0.2, -0.15) is 0 Å². The highest BCUT2D eigenvalue weighted by atomic mass is 32.1. The molecule has 1 heterocycles. The van der Waals surface area contributed by atoms with E-state index in [1.54, 1.807) is 11.3 Å². The second kappa shape index (κ2) is 9.01. The number of benzene rings is 4. The van der Waals surface area contributed by atoms with Gasteiger partial charge in [-0.1, -0.05) is 43.3 Å². The summed E-state index contributed by atoms with van der Waals surface area (Å²) in [4.78, 5) is 4.80. The highest BCUT2D eigenvalue weighted by Crippen LogP contribution is 2.32. The van der Waals surface area contributed by atoms with Crippen molar-refractivity contribution >= 4 is 38.0 Å². The molecule has 0 saturated carbocycles. The summed E-state index contributed by atoms with van der Waals surface area (Å²) in [5.41, 5.74) is 5.75. The summed E-state index contributed by atoms with van der Waals surface area (Å²) < 4.78 is 7.28. The van der Waals surface area contributed by atoms with Gasteiger partial charge in [-0.25, -0.2) is 4.98 Å². The third-order valence-corrected chi connectivity index (χ3v) is 6.67. The normalized spacial score (nSPS) is 11.2. The third-order valence-electron chi connectivity index (χ3n) is 5.60. The molecule has 0 amide bonds. The third kappa shape index (κ3) is 4.19. The molecule has 32 heavy (non-hydrogen) atoms. The number of anilines is 1. The summed E-state index contributed by atoms with van der Waals surface area (Å²) >= 11 is 1.74. The Morgan fingerprint density at radius 1 is 0.938 bits per heavy atom. The molecule has 4 heteroatoms. The second-order valence-electron chi connectivity index (χ2n) is 8.03. The molecule has 0 atom stereocenters. The van der Waals surface area contributed by atoms with E-state index < -0.39 is 0 Å². The van der Waals surface area contributed by atoms with Crippen molar-refractivity contribution < 1.29 is 4.74 Å². The average Bonchev–Trinajstić information content (AvgIpc) is 3.25. The van der Waals surface area contributed by atoms with Crippen LogP contribution in [-0.4, -0.2) is 11.6 Å². The highest BCUT2D eigenvalue weighted by Gasteiger charge is 2.10. The first-order valence-electron chi connectivity index (χ1n) is 11.1. The van der Waals surface area contributed by atoms with Crippen molar-refractivity contribution in [2.45, 2.75) is 26.8 Å². The Labute approximate surface area is 192 Å². The van der Waals surface area contributed by atoms with E-state index in [0.29, 0.717) is 6.54 Å². The molecule has 0 radical (unpaired) electrons. The van der Waals surface area contributed by atoms with Crippen LogP contribution >= 0.6 is 11.3 Å². The molecule has 0 spiro atoms. The number of hydrogen-bond acceptors (Lipinski definition) is 4. The van der Waals surface area contributed by atoms with Gasteiger partial charge in [-0.3, -0.25) is 0 Å². The van der Waals surface area contributed by atoms with E-state index in [4.69, 9.17) is 9.72 Å². The first kappa shape index (κ1) is 20.5. The molecule has 1 N–H and O–H groups in total. The van der Waals surface area contributed by atoms with Crippen molar-refractivity contribution in [2.75, 3.05) is 11.9 Å². The van der Waals surface area contributed by atoms with Crippen molar-refractivity contribution in [1.29, 1.82) is 0 Å². The second-order valence-corrected chi connectivity index (χ2v) is 9.06. The van der Waals surface area contributed by atoms with Crippen molar-refractivity contribution in [3.63, 3.8) is 0 Å². The summed E-state index contributed by atoms with van der Waals surface area (Å²) in [6, 6.07) is 27.7. The summed E-state index contributed by atoms with van der Waals surface area (Å²) in [5, 5.41) is 7.11. The van der Waals surface area contributed by atoms with Gasteiger partial charge in [0.05, 0.1) is 16.8 Å². The lowest BCUT2D eigenvalue weighted by Crippen LogP contribution is -2.05. The molecule has 0 fully saturated rings.